The minimum atomic E-state index is -0.809. The van der Waals surface area contributed by atoms with E-state index < -0.39 is 12.1 Å². The Morgan fingerprint density at radius 2 is 1.40 bits per heavy atom. The lowest BCUT2D eigenvalue weighted by atomic mass is 9.95. The number of piperidine rings is 1. The van der Waals surface area contributed by atoms with Gasteiger partial charge in [-0.2, -0.15) is 0 Å². The molecule has 1 aliphatic heterocycles. The number of hydrogen-bond acceptors (Lipinski definition) is 4. The van der Waals surface area contributed by atoms with Gasteiger partial charge in [-0.25, -0.2) is 0 Å². The molecule has 236 valence electrons. The first kappa shape index (κ1) is 32.1. The van der Waals surface area contributed by atoms with Gasteiger partial charge in [0.2, 0.25) is 17.7 Å². The number of carbonyl (C=O) groups is 3. The third-order valence-electron chi connectivity index (χ3n) is 8.91. The Bertz CT molecular complexity index is 1620. The van der Waals surface area contributed by atoms with Gasteiger partial charge in [-0.05, 0) is 71.4 Å². The van der Waals surface area contributed by atoms with Gasteiger partial charge in [0.1, 0.15) is 12.1 Å². The molecular formula is C37H46N5O3+. The second-order valence-corrected chi connectivity index (χ2v) is 12.2. The van der Waals surface area contributed by atoms with Crippen LogP contribution in [0.1, 0.15) is 36.8 Å². The van der Waals surface area contributed by atoms with E-state index in [0.717, 1.165) is 78.0 Å². The number of rotatable bonds is 13. The molecule has 8 heteroatoms. The Morgan fingerprint density at radius 1 is 0.822 bits per heavy atom. The molecule has 1 saturated heterocycles. The third kappa shape index (κ3) is 8.47. The molecule has 45 heavy (non-hydrogen) atoms. The van der Waals surface area contributed by atoms with E-state index in [1.807, 2.05) is 48.5 Å². The first-order valence-electron chi connectivity index (χ1n) is 16.2. The SMILES string of the molecule is CN(C(=O)C(Cc1ccc2ccccc2c1)NC(=O)C1CCNCC1)C(Cc1ccc2ccccc2c1)C(=O)NCCCC[NH3+]. The van der Waals surface area contributed by atoms with E-state index in [4.69, 9.17) is 0 Å². The number of amides is 3. The average molecular weight is 609 g/mol. The van der Waals surface area contributed by atoms with Gasteiger partial charge in [-0.1, -0.05) is 84.9 Å². The van der Waals surface area contributed by atoms with Crippen LogP contribution < -0.4 is 21.7 Å². The van der Waals surface area contributed by atoms with Gasteiger partial charge in [0.15, 0.2) is 0 Å². The van der Waals surface area contributed by atoms with E-state index in [1.54, 1.807) is 11.9 Å². The van der Waals surface area contributed by atoms with Gasteiger partial charge in [-0.15, -0.1) is 0 Å². The predicted octanol–water partition coefficient (Wildman–Crippen LogP) is 3.23. The molecular weight excluding hydrogens is 562 g/mol. The van der Waals surface area contributed by atoms with Crippen LogP contribution in [0.2, 0.25) is 0 Å². The molecule has 4 aromatic carbocycles. The first-order valence-corrected chi connectivity index (χ1v) is 16.2. The molecule has 0 aromatic heterocycles. The van der Waals surface area contributed by atoms with Crippen molar-refractivity contribution >= 4 is 39.3 Å². The normalized spacial score (nSPS) is 15.0. The van der Waals surface area contributed by atoms with Crippen LogP contribution in [0.5, 0.6) is 0 Å². The molecule has 3 amide bonds. The second kappa shape index (κ2) is 15.6. The Kier molecular flexibility index (Phi) is 11.2. The molecule has 0 radical (unpaired) electrons. The molecule has 1 fully saturated rings. The summed E-state index contributed by atoms with van der Waals surface area (Å²) in [5.74, 6) is -0.720. The summed E-state index contributed by atoms with van der Waals surface area (Å²) in [6, 6.07) is 27.0. The van der Waals surface area contributed by atoms with Crippen molar-refractivity contribution in [2.24, 2.45) is 5.92 Å². The van der Waals surface area contributed by atoms with Gasteiger partial charge in [0.25, 0.3) is 0 Å². The van der Waals surface area contributed by atoms with Crippen LogP contribution in [0, 0.1) is 5.92 Å². The number of hydrogen-bond donors (Lipinski definition) is 4. The molecule has 6 N–H and O–H groups in total. The number of nitrogens with zero attached hydrogens (tertiary/aromatic N) is 1. The summed E-state index contributed by atoms with van der Waals surface area (Å²) in [6.07, 6.45) is 3.91. The second-order valence-electron chi connectivity index (χ2n) is 12.2. The highest BCUT2D eigenvalue weighted by atomic mass is 16.2. The van der Waals surface area contributed by atoms with Gasteiger partial charge in [0.05, 0.1) is 6.54 Å². The summed E-state index contributed by atoms with van der Waals surface area (Å²) < 4.78 is 0. The van der Waals surface area contributed by atoms with E-state index in [2.05, 4.69) is 58.1 Å². The van der Waals surface area contributed by atoms with Crippen molar-refractivity contribution in [1.82, 2.24) is 20.9 Å². The Morgan fingerprint density at radius 3 is 2.00 bits per heavy atom. The number of quaternary nitrogens is 1. The maximum absolute atomic E-state index is 14.4. The molecule has 0 aliphatic carbocycles. The van der Waals surface area contributed by atoms with Crippen molar-refractivity contribution in [3.63, 3.8) is 0 Å². The van der Waals surface area contributed by atoms with Crippen LogP contribution in [0.4, 0.5) is 0 Å². The quantitative estimate of drug-likeness (QED) is 0.174. The molecule has 5 rings (SSSR count). The first-order chi connectivity index (χ1) is 21.9. The fourth-order valence-electron chi connectivity index (χ4n) is 6.20. The van der Waals surface area contributed by atoms with E-state index in [0.29, 0.717) is 19.4 Å². The van der Waals surface area contributed by atoms with E-state index in [1.165, 1.54) is 0 Å². The van der Waals surface area contributed by atoms with Crippen LogP contribution in [0.3, 0.4) is 0 Å². The molecule has 2 unspecified atom stereocenters. The van der Waals surface area contributed by atoms with Crippen LogP contribution in [-0.2, 0) is 27.2 Å². The minimum Gasteiger partial charge on any atom is -0.358 e. The fourth-order valence-corrected chi connectivity index (χ4v) is 6.20. The van der Waals surface area contributed by atoms with Gasteiger partial charge < -0.3 is 26.6 Å². The highest BCUT2D eigenvalue weighted by Crippen LogP contribution is 2.21. The van der Waals surface area contributed by atoms with Gasteiger partial charge in [-0.3, -0.25) is 14.4 Å². The number of fused-ring (bicyclic) bond motifs is 2. The van der Waals surface area contributed by atoms with Crippen molar-refractivity contribution in [2.45, 2.75) is 50.6 Å². The van der Waals surface area contributed by atoms with Crippen LogP contribution in [0.25, 0.3) is 21.5 Å². The molecule has 4 aromatic rings. The number of carbonyl (C=O) groups excluding carboxylic acids is 3. The average Bonchev–Trinajstić information content (AvgIpc) is 3.08. The number of benzene rings is 4. The maximum atomic E-state index is 14.4. The standard InChI is InChI=1S/C37H45N5O3/c1-42(34(36(44)40-19-7-6-18-38)25-27-13-15-29-9-3-5-11-32(29)23-27)37(45)33(41-35(43)30-16-20-39-21-17-30)24-26-12-14-28-8-2-4-10-31(28)22-26/h2-5,8-15,22-23,30,33-34,39H,6-7,16-21,24-25,38H2,1H3,(H,40,44)(H,41,43)/p+1. The summed E-state index contributed by atoms with van der Waals surface area (Å²) in [5, 5.41) is 13.9. The summed E-state index contributed by atoms with van der Waals surface area (Å²) in [4.78, 5) is 43.1. The summed E-state index contributed by atoms with van der Waals surface area (Å²) in [6.45, 7) is 2.90. The molecule has 0 saturated carbocycles. The van der Waals surface area contributed by atoms with Gasteiger partial charge >= 0.3 is 0 Å². The lowest BCUT2D eigenvalue weighted by molar-refractivity contribution is -0.368. The van der Waals surface area contributed by atoms with E-state index in [9.17, 15) is 14.4 Å². The molecule has 0 bridgehead atoms. The zero-order valence-electron chi connectivity index (χ0n) is 26.3. The number of unbranched alkanes of at least 4 members (excludes halogenated alkanes) is 1. The van der Waals surface area contributed by atoms with Crippen molar-refractivity contribution in [1.29, 1.82) is 0 Å². The van der Waals surface area contributed by atoms with Crippen molar-refractivity contribution < 1.29 is 20.1 Å². The zero-order chi connectivity index (χ0) is 31.6. The molecule has 8 nitrogen and oxygen atoms in total. The topological polar surface area (TPSA) is 118 Å². The van der Waals surface area contributed by atoms with Crippen molar-refractivity contribution in [3.05, 3.63) is 96.1 Å². The highest BCUT2D eigenvalue weighted by molar-refractivity contribution is 5.93. The molecule has 1 aliphatic rings. The fraction of sp³-hybridized carbons (Fsp3) is 0.378. The lowest BCUT2D eigenvalue weighted by Gasteiger charge is -2.32. The Balaban J connectivity index is 1.41. The van der Waals surface area contributed by atoms with Gasteiger partial charge in [0, 0.05) is 32.4 Å². The predicted molar refractivity (Wildman–Crippen MR) is 179 cm³/mol. The highest BCUT2D eigenvalue weighted by Gasteiger charge is 2.34. The van der Waals surface area contributed by atoms with Crippen LogP contribution in [-0.4, -0.2) is 67.9 Å². The van der Waals surface area contributed by atoms with Crippen LogP contribution >= 0.6 is 0 Å². The maximum Gasteiger partial charge on any atom is 0.245 e. The minimum absolute atomic E-state index is 0.104. The van der Waals surface area contributed by atoms with Crippen molar-refractivity contribution in [3.8, 4) is 0 Å². The molecule has 1 heterocycles. The summed E-state index contributed by atoms with van der Waals surface area (Å²) in [7, 11) is 1.69. The molecule has 2 atom stereocenters. The monoisotopic (exact) mass is 608 g/mol. The number of likely N-dealkylation sites (N-methyl/N-ethyl adjacent to an activating group) is 1. The lowest BCUT2D eigenvalue weighted by Crippen LogP contribution is -2.56. The molecule has 0 spiro atoms. The van der Waals surface area contributed by atoms with Crippen LogP contribution in [0.15, 0.2) is 84.9 Å². The van der Waals surface area contributed by atoms with E-state index in [-0.39, 0.29) is 23.6 Å². The zero-order valence-corrected chi connectivity index (χ0v) is 26.3. The van der Waals surface area contributed by atoms with E-state index >= 15 is 0 Å². The Hall–Kier alpha value is -4.27. The smallest absolute Gasteiger partial charge is 0.245 e. The third-order valence-corrected chi connectivity index (χ3v) is 8.91. The van der Waals surface area contributed by atoms with Crippen molar-refractivity contribution in [2.75, 3.05) is 33.2 Å². The summed E-state index contributed by atoms with van der Waals surface area (Å²) >= 11 is 0. The largest absolute Gasteiger partial charge is 0.358 e. The number of nitrogens with one attached hydrogen (secondary N) is 3. The Labute approximate surface area is 265 Å². The summed E-state index contributed by atoms with van der Waals surface area (Å²) in [5.41, 5.74) is 5.82.